The van der Waals surface area contributed by atoms with E-state index in [-0.39, 0.29) is 0 Å². The van der Waals surface area contributed by atoms with Gasteiger partial charge in [0, 0.05) is 30.3 Å². The predicted octanol–water partition coefficient (Wildman–Crippen LogP) is 2.24. The molecule has 0 spiro atoms. The molecule has 7 heteroatoms. The van der Waals surface area contributed by atoms with Crippen molar-refractivity contribution in [1.82, 2.24) is 9.29 Å². The Morgan fingerprint density at radius 3 is 2.68 bits per heavy atom. The van der Waals surface area contributed by atoms with Crippen LogP contribution in [0.1, 0.15) is 18.9 Å². The minimum absolute atomic E-state index is 0.508. The fraction of sp³-hybridized carbons (Fsp3) is 0.583. The molecule has 1 N–H and O–H groups in total. The number of halogens is 1. The Morgan fingerprint density at radius 1 is 1.47 bits per heavy atom. The van der Waals surface area contributed by atoms with E-state index < -0.39 is 10.0 Å². The molecule has 1 aromatic heterocycles. The summed E-state index contributed by atoms with van der Waals surface area (Å²) in [7, 11) is -3.09. The van der Waals surface area contributed by atoms with Crippen LogP contribution in [0.25, 0.3) is 0 Å². The van der Waals surface area contributed by atoms with E-state index in [2.05, 4.69) is 26.2 Å². The second-order valence-electron chi connectivity index (χ2n) is 4.35. The second kappa shape index (κ2) is 7.21. The van der Waals surface area contributed by atoms with Crippen molar-refractivity contribution in [1.29, 1.82) is 0 Å². The van der Waals surface area contributed by atoms with Crippen molar-refractivity contribution in [2.45, 2.75) is 20.3 Å². The monoisotopic (exact) mass is 349 g/mol. The third-order valence-electron chi connectivity index (χ3n) is 2.76. The van der Waals surface area contributed by atoms with Crippen LogP contribution in [0, 0.1) is 6.92 Å². The van der Waals surface area contributed by atoms with Gasteiger partial charge in [-0.25, -0.2) is 17.7 Å². The van der Waals surface area contributed by atoms with Crippen molar-refractivity contribution in [2.75, 3.05) is 31.2 Å². The molecular formula is C12H20BrN3O2S. The number of nitrogens with one attached hydrogen (secondary N) is 1. The maximum Gasteiger partial charge on any atom is 0.211 e. The van der Waals surface area contributed by atoms with Crippen molar-refractivity contribution in [3.05, 3.63) is 22.3 Å². The van der Waals surface area contributed by atoms with Gasteiger partial charge < -0.3 is 5.32 Å². The first-order chi connectivity index (χ1) is 8.84. The molecule has 0 aliphatic rings. The molecule has 0 amide bonds. The van der Waals surface area contributed by atoms with Gasteiger partial charge in [0.1, 0.15) is 5.82 Å². The highest BCUT2D eigenvalue weighted by atomic mass is 79.9. The van der Waals surface area contributed by atoms with Crippen molar-refractivity contribution in [3.63, 3.8) is 0 Å². The van der Waals surface area contributed by atoms with Gasteiger partial charge in [-0.3, -0.25) is 0 Å². The SMILES string of the molecule is CCN(CCCNc1cc(C)c(Br)cn1)S(C)(=O)=O. The average Bonchev–Trinajstić information content (AvgIpc) is 2.32. The van der Waals surface area contributed by atoms with Crippen LogP contribution < -0.4 is 5.32 Å². The Kier molecular flexibility index (Phi) is 6.22. The van der Waals surface area contributed by atoms with E-state index in [0.29, 0.717) is 19.6 Å². The lowest BCUT2D eigenvalue weighted by atomic mass is 10.3. The Labute approximate surface area is 123 Å². The maximum atomic E-state index is 11.4. The molecule has 0 aliphatic carbocycles. The quantitative estimate of drug-likeness (QED) is 0.766. The number of pyridine rings is 1. The highest BCUT2D eigenvalue weighted by Gasteiger charge is 2.12. The van der Waals surface area contributed by atoms with Crippen LogP contribution >= 0.6 is 15.9 Å². The van der Waals surface area contributed by atoms with E-state index in [1.54, 1.807) is 6.20 Å². The molecule has 0 atom stereocenters. The zero-order valence-corrected chi connectivity index (χ0v) is 13.9. The normalized spacial score (nSPS) is 11.8. The van der Waals surface area contributed by atoms with Crippen molar-refractivity contribution < 1.29 is 8.42 Å². The number of nitrogens with zero attached hydrogens (tertiary/aromatic N) is 2. The van der Waals surface area contributed by atoms with Gasteiger partial charge in [-0.1, -0.05) is 6.92 Å². The van der Waals surface area contributed by atoms with Crippen LogP contribution in [0.3, 0.4) is 0 Å². The van der Waals surface area contributed by atoms with Gasteiger partial charge in [-0.15, -0.1) is 0 Å². The molecule has 5 nitrogen and oxygen atoms in total. The average molecular weight is 350 g/mol. The van der Waals surface area contributed by atoms with Crippen LogP contribution in [-0.4, -0.2) is 43.6 Å². The maximum absolute atomic E-state index is 11.4. The van der Waals surface area contributed by atoms with Crippen LogP contribution in [0.5, 0.6) is 0 Å². The highest BCUT2D eigenvalue weighted by molar-refractivity contribution is 9.10. The Hall–Kier alpha value is -0.660. The summed E-state index contributed by atoms with van der Waals surface area (Å²) in [5.41, 5.74) is 1.11. The lowest BCUT2D eigenvalue weighted by Gasteiger charge is -2.17. The topological polar surface area (TPSA) is 62.3 Å². The first kappa shape index (κ1) is 16.4. The standard InChI is InChI=1S/C12H20BrN3O2S/c1-4-16(19(3,17)18)7-5-6-14-12-8-10(2)11(13)9-15-12/h8-9H,4-7H2,1-3H3,(H,14,15). The smallest absolute Gasteiger partial charge is 0.211 e. The second-order valence-corrected chi connectivity index (χ2v) is 7.19. The van der Waals surface area contributed by atoms with Crippen LogP contribution in [-0.2, 0) is 10.0 Å². The van der Waals surface area contributed by atoms with E-state index in [4.69, 9.17) is 0 Å². The summed E-state index contributed by atoms with van der Waals surface area (Å²) < 4.78 is 25.2. The Balaban J connectivity index is 2.40. The van der Waals surface area contributed by atoms with Gasteiger partial charge in [-0.05, 0) is 40.9 Å². The molecule has 0 fully saturated rings. The summed E-state index contributed by atoms with van der Waals surface area (Å²) in [6, 6.07) is 1.96. The number of aromatic nitrogens is 1. The summed E-state index contributed by atoms with van der Waals surface area (Å²) >= 11 is 3.40. The fourth-order valence-electron chi connectivity index (χ4n) is 1.67. The fourth-order valence-corrected chi connectivity index (χ4v) is 2.81. The number of aryl methyl sites for hydroxylation is 1. The molecule has 0 saturated carbocycles. The summed E-state index contributed by atoms with van der Waals surface area (Å²) in [5.74, 6) is 0.808. The molecule has 1 aromatic rings. The summed E-state index contributed by atoms with van der Waals surface area (Å²) in [5, 5.41) is 3.19. The lowest BCUT2D eigenvalue weighted by Crippen LogP contribution is -2.31. The van der Waals surface area contributed by atoms with Crippen LogP contribution in [0.15, 0.2) is 16.7 Å². The van der Waals surface area contributed by atoms with Gasteiger partial charge in [0.15, 0.2) is 0 Å². The summed E-state index contributed by atoms with van der Waals surface area (Å²) in [4.78, 5) is 4.23. The Bertz CT molecular complexity index is 520. The molecule has 0 radical (unpaired) electrons. The van der Waals surface area contributed by atoms with Crippen molar-refractivity contribution >= 4 is 31.8 Å². The number of hydrogen-bond acceptors (Lipinski definition) is 4. The Morgan fingerprint density at radius 2 is 2.16 bits per heavy atom. The molecule has 0 aromatic carbocycles. The van der Waals surface area contributed by atoms with E-state index in [9.17, 15) is 8.42 Å². The van der Waals surface area contributed by atoms with Gasteiger partial charge in [0.05, 0.1) is 6.26 Å². The first-order valence-corrected chi connectivity index (χ1v) is 8.80. The lowest BCUT2D eigenvalue weighted by molar-refractivity contribution is 0.428. The van der Waals surface area contributed by atoms with E-state index >= 15 is 0 Å². The molecular weight excluding hydrogens is 330 g/mol. The third-order valence-corrected chi connectivity index (χ3v) is 4.97. The summed E-state index contributed by atoms with van der Waals surface area (Å²) in [6.07, 6.45) is 3.74. The molecule has 0 bridgehead atoms. The van der Waals surface area contributed by atoms with E-state index in [1.165, 1.54) is 10.6 Å². The van der Waals surface area contributed by atoms with Crippen molar-refractivity contribution in [3.8, 4) is 0 Å². The first-order valence-electron chi connectivity index (χ1n) is 6.15. The minimum atomic E-state index is -3.09. The molecule has 108 valence electrons. The third kappa shape index (κ3) is 5.46. The minimum Gasteiger partial charge on any atom is -0.370 e. The largest absolute Gasteiger partial charge is 0.370 e. The molecule has 0 saturated heterocycles. The molecule has 1 heterocycles. The number of hydrogen-bond donors (Lipinski definition) is 1. The number of rotatable bonds is 7. The van der Waals surface area contributed by atoms with E-state index in [0.717, 1.165) is 22.3 Å². The van der Waals surface area contributed by atoms with Crippen LogP contribution in [0.4, 0.5) is 5.82 Å². The van der Waals surface area contributed by atoms with E-state index in [1.807, 2.05) is 19.9 Å². The predicted molar refractivity (Wildman–Crippen MR) is 81.9 cm³/mol. The van der Waals surface area contributed by atoms with Gasteiger partial charge >= 0.3 is 0 Å². The molecule has 19 heavy (non-hydrogen) atoms. The molecule has 1 rings (SSSR count). The van der Waals surface area contributed by atoms with Gasteiger partial charge in [-0.2, -0.15) is 0 Å². The zero-order chi connectivity index (χ0) is 14.5. The molecule has 0 aliphatic heterocycles. The van der Waals surface area contributed by atoms with Gasteiger partial charge in [0.2, 0.25) is 10.0 Å². The molecule has 0 unspecified atom stereocenters. The van der Waals surface area contributed by atoms with Crippen molar-refractivity contribution in [2.24, 2.45) is 0 Å². The number of sulfonamides is 1. The highest BCUT2D eigenvalue weighted by Crippen LogP contribution is 2.17. The number of anilines is 1. The summed E-state index contributed by atoms with van der Waals surface area (Å²) in [6.45, 7) is 5.57. The van der Waals surface area contributed by atoms with Gasteiger partial charge in [0.25, 0.3) is 0 Å². The zero-order valence-electron chi connectivity index (χ0n) is 11.5. The van der Waals surface area contributed by atoms with Crippen LogP contribution in [0.2, 0.25) is 0 Å².